The van der Waals surface area contributed by atoms with Gasteiger partial charge in [-0.15, -0.1) is 0 Å². The van der Waals surface area contributed by atoms with E-state index in [0.29, 0.717) is 128 Å². The maximum absolute atomic E-state index is 10.1. The van der Waals surface area contributed by atoms with Crippen molar-refractivity contribution in [3.8, 4) is 70.0 Å². The summed E-state index contributed by atoms with van der Waals surface area (Å²) in [6, 6.07) is 44.7. The summed E-state index contributed by atoms with van der Waals surface area (Å²) in [6.07, 6.45) is 28.4. The Hall–Kier alpha value is -11.9. The summed E-state index contributed by atoms with van der Waals surface area (Å²) in [5.74, 6) is 5.66. The summed E-state index contributed by atoms with van der Waals surface area (Å²) in [7, 11) is 0. The van der Waals surface area contributed by atoms with Crippen LogP contribution in [-0.2, 0) is 0 Å². The fourth-order valence-corrected chi connectivity index (χ4v) is 17.5. The molecule has 0 bridgehead atoms. The third-order valence-corrected chi connectivity index (χ3v) is 23.4. The standard InChI is InChI=1S/C105H105N3O9/c1-10-19-46-109-97-82-73-55-70(43-34-64-28-37-67(61-106)38-29-64)56-74-79(73)88-94-89-80-75(83(91(82)94)98(110-47-20-11-2)103(97)115-52-25-16-7)57-71(44-35-65-30-39-68(62-107)40-31-65)58-76(80)85-93-87(102(114-51-24-15-6)105(117-54-27-18-9)100(85)112-49-22-13-4)78-60-72(45-36-66-32-41-69(63-108)42-33-66)59-77-81(78)90(96(89)93)95(88)92-84(74)99(111-48-21-12-3)104(116-53-26-17-8)101(86(77)92)113-50-23-14-5/h28-45,55-60H,10-27,46-54H2,1-9H3/b43-34+,44-35+,45-36+. The highest BCUT2D eigenvalue weighted by Crippen LogP contribution is 2.68. The van der Waals surface area contributed by atoms with Crippen LogP contribution in [0.15, 0.2) is 109 Å². The van der Waals surface area contributed by atoms with Crippen molar-refractivity contribution in [1.29, 1.82) is 15.8 Å². The molecule has 12 nitrogen and oxygen atoms in total. The lowest BCUT2D eigenvalue weighted by atomic mass is 9.72. The maximum atomic E-state index is 10.1. The van der Waals surface area contributed by atoms with Crippen LogP contribution in [0.2, 0.25) is 0 Å². The van der Waals surface area contributed by atoms with E-state index in [0.717, 1.165) is 278 Å². The molecule has 16 aromatic carbocycles. The van der Waals surface area contributed by atoms with Crippen LogP contribution in [0.1, 0.15) is 228 Å². The van der Waals surface area contributed by atoms with E-state index < -0.39 is 0 Å². The van der Waals surface area contributed by atoms with Crippen LogP contribution in [-0.4, -0.2) is 59.5 Å². The molecule has 594 valence electrons. The molecule has 0 aliphatic rings. The van der Waals surface area contributed by atoms with Crippen LogP contribution in [0, 0.1) is 34.0 Å². The number of unbranched alkanes of at least 4 members (excludes halogenated alkanes) is 9. The van der Waals surface area contributed by atoms with Gasteiger partial charge in [-0.05, 0) is 229 Å². The molecule has 0 fully saturated rings. The van der Waals surface area contributed by atoms with E-state index >= 15 is 0 Å². The summed E-state index contributed by atoms with van der Waals surface area (Å²) in [6.45, 7) is 23.7. The van der Waals surface area contributed by atoms with Crippen LogP contribution in [0.25, 0.3) is 166 Å². The summed E-state index contributed by atoms with van der Waals surface area (Å²) in [5.41, 5.74) is 7.45. The van der Waals surface area contributed by atoms with Crippen LogP contribution < -0.4 is 42.6 Å². The first-order chi connectivity index (χ1) is 57.6. The zero-order valence-electron chi connectivity index (χ0n) is 69.5. The highest BCUT2D eigenvalue weighted by atomic mass is 16.6. The lowest BCUT2D eigenvalue weighted by Gasteiger charge is -2.33. The minimum atomic E-state index is 0.421. The van der Waals surface area contributed by atoms with Crippen molar-refractivity contribution >= 4 is 166 Å². The van der Waals surface area contributed by atoms with E-state index in [-0.39, 0.29) is 0 Å². The van der Waals surface area contributed by atoms with Crippen molar-refractivity contribution in [3.05, 3.63) is 159 Å². The summed E-state index contributed by atoms with van der Waals surface area (Å²) in [4.78, 5) is 0. The van der Waals surface area contributed by atoms with Crippen molar-refractivity contribution in [3.63, 3.8) is 0 Å². The fraction of sp³-hybridized carbons (Fsp3) is 0.343. The molecule has 0 N–H and O–H groups in total. The summed E-state index contributed by atoms with van der Waals surface area (Å²) >= 11 is 0. The van der Waals surface area contributed by atoms with Gasteiger partial charge in [-0.25, -0.2) is 0 Å². The third-order valence-electron chi connectivity index (χ3n) is 23.4. The molecule has 0 heterocycles. The predicted octanol–water partition coefficient (Wildman–Crippen LogP) is 28.9. The Labute approximate surface area is 686 Å². The number of hydrogen-bond acceptors (Lipinski definition) is 12. The number of fused-ring (bicyclic) bond motifs is 6. The van der Waals surface area contributed by atoms with Gasteiger partial charge in [-0.2, -0.15) is 15.8 Å². The van der Waals surface area contributed by atoms with Gasteiger partial charge in [-0.3, -0.25) is 0 Å². The normalized spacial score (nSPS) is 12.3. The van der Waals surface area contributed by atoms with E-state index in [1.54, 1.807) is 0 Å². The highest BCUT2D eigenvalue weighted by molar-refractivity contribution is 6.62. The molecule has 0 saturated heterocycles. The Kier molecular flexibility index (Phi) is 23.8. The minimum absolute atomic E-state index is 0.421. The van der Waals surface area contributed by atoms with E-state index in [9.17, 15) is 15.8 Å². The molecule has 0 unspecified atom stereocenters. The average Bonchev–Trinajstić information content (AvgIpc) is 0.634. The van der Waals surface area contributed by atoms with Crippen molar-refractivity contribution in [2.45, 2.75) is 178 Å². The highest BCUT2D eigenvalue weighted by Gasteiger charge is 2.40. The number of nitrogens with zero attached hydrogens (tertiary/aromatic N) is 3. The second kappa shape index (κ2) is 35.3. The van der Waals surface area contributed by atoms with Gasteiger partial charge in [-0.1, -0.05) is 193 Å². The SMILES string of the molecule is CCCCOc1c(OCCCC)c2c3cc(/C=C/c4ccc(C#N)cc4)cc4c5c(OCCCC)c(OCCCC)c(OCCCC)c6c7cc(/C=C/c8ccc(C#N)cc8)cc8c9c(OCCCC)c(OCCCC)c(OCCCC)c%10c%11cc(/C=C/c%12ccc(C#N)cc%12)cc%12c(c1OCCCC)c2c1c(c34)c(c56)c(c78)c(c%109)c1c%12%11. The van der Waals surface area contributed by atoms with Crippen molar-refractivity contribution in [2.24, 2.45) is 0 Å². The molecule has 117 heavy (non-hydrogen) atoms. The van der Waals surface area contributed by atoms with Gasteiger partial charge in [0, 0.05) is 64.6 Å². The molecule has 0 saturated carbocycles. The molecule has 0 aliphatic carbocycles. The molecule has 0 atom stereocenters. The van der Waals surface area contributed by atoms with Crippen molar-refractivity contribution in [2.75, 3.05) is 59.5 Å². The Morgan fingerprint density at radius 2 is 0.350 bits per heavy atom. The number of nitriles is 3. The lowest BCUT2D eigenvalue weighted by Crippen LogP contribution is -2.10. The smallest absolute Gasteiger partial charge is 0.204 e. The topological polar surface area (TPSA) is 154 Å². The van der Waals surface area contributed by atoms with E-state index in [2.05, 4.69) is 153 Å². The average molecular weight is 1550 g/mol. The number of ether oxygens (including phenoxy) is 9. The third kappa shape index (κ3) is 14.2. The van der Waals surface area contributed by atoms with Gasteiger partial charge < -0.3 is 42.6 Å². The zero-order valence-corrected chi connectivity index (χ0v) is 69.5. The van der Waals surface area contributed by atoms with Gasteiger partial charge in [0.05, 0.1) is 94.4 Å². The Balaban J connectivity index is 1.28. The van der Waals surface area contributed by atoms with Crippen LogP contribution in [0.4, 0.5) is 0 Å². The minimum Gasteiger partial charge on any atom is -0.489 e. The summed E-state index contributed by atoms with van der Waals surface area (Å²) < 4.78 is 68.9. The predicted molar refractivity (Wildman–Crippen MR) is 488 cm³/mol. The summed E-state index contributed by atoms with van der Waals surface area (Å²) in [5, 5.41) is 54.6. The Bertz CT molecular complexity index is 5610. The molecule has 16 rings (SSSR count). The second-order valence-corrected chi connectivity index (χ2v) is 31.6. The molecule has 0 aromatic heterocycles. The monoisotopic (exact) mass is 1550 g/mol. The number of benzene rings is 16. The van der Waals surface area contributed by atoms with Gasteiger partial charge in [0.25, 0.3) is 0 Å². The molecular formula is C105H105N3O9. The largest absolute Gasteiger partial charge is 0.489 e. The van der Waals surface area contributed by atoms with Gasteiger partial charge in [0.2, 0.25) is 17.2 Å². The maximum Gasteiger partial charge on any atom is 0.204 e. The molecular weight excluding hydrogens is 1450 g/mol. The first kappa shape index (κ1) is 79.0. The number of hydrogen-bond donors (Lipinski definition) is 0. The first-order valence-corrected chi connectivity index (χ1v) is 43.4. The first-order valence-electron chi connectivity index (χ1n) is 43.4. The molecule has 0 radical (unpaired) electrons. The van der Waals surface area contributed by atoms with E-state index in [1.165, 1.54) is 0 Å². The number of rotatable bonds is 42. The van der Waals surface area contributed by atoms with Crippen LogP contribution >= 0.6 is 0 Å². The Morgan fingerprint density at radius 1 is 0.197 bits per heavy atom. The van der Waals surface area contributed by atoms with Gasteiger partial charge >= 0.3 is 0 Å². The van der Waals surface area contributed by atoms with Crippen LogP contribution in [0.5, 0.6) is 51.7 Å². The molecule has 0 aliphatic heterocycles. The van der Waals surface area contributed by atoms with Gasteiger partial charge in [0.15, 0.2) is 34.5 Å². The molecule has 16 aromatic rings. The molecule has 0 amide bonds. The van der Waals surface area contributed by atoms with E-state index in [4.69, 9.17) is 42.6 Å². The quantitative estimate of drug-likeness (QED) is 0.0155. The second-order valence-electron chi connectivity index (χ2n) is 31.6. The van der Waals surface area contributed by atoms with E-state index in [1.807, 2.05) is 72.8 Å². The van der Waals surface area contributed by atoms with Crippen LogP contribution in [0.3, 0.4) is 0 Å². The lowest BCUT2D eigenvalue weighted by molar-refractivity contribution is 0.241. The van der Waals surface area contributed by atoms with Crippen molar-refractivity contribution in [1.82, 2.24) is 0 Å². The fourth-order valence-electron chi connectivity index (χ4n) is 17.5. The molecule has 0 spiro atoms. The Morgan fingerprint density at radius 3 is 0.521 bits per heavy atom. The molecule has 12 heteroatoms. The van der Waals surface area contributed by atoms with Gasteiger partial charge in [0.1, 0.15) is 0 Å². The van der Waals surface area contributed by atoms with Crippen molar-refractivity contribution < 1.29 is 42.6 Å². The zero-order chi connectivity index (χ0) is 80.8.